The fourth-order valence-electron chi connectivity index (χ4n) is 3.27. The van der Waals surface area contributed by atoms with Crippen molar-refractivity contribution in [2.75, 3.05) is 19.8 Å². The van der Waals surface area contributed by atoms with E-state index in [1.54, 1.807) is 56.3 Å². The average Bonchev–Trinajstić information content (AvgIpc) is 2.78. The van der Waals surface area contributed by atoms with Crippen molar-refractivity contribution < 1.29 is 28.6 Å². The van der Waals surface area contributed by atoms with Gasteiger partial charge in [0, 0.05) is 10.0 Å². The molecule has 2 aromatic carbocycles. The summed E-state index contributed by atoms with van der Waals surface area (Å²) >= 11 is 3.42. The number of carbonyl (C=O) groups excluding carboxylic acids is 3. The monoisotopic (exact) mass is 502 g/mol. The van der Waals surface area contributed by atoms with Crippen LogP contribution in [-0.4, -0.2) is 37.8 Å². The fourth-order valence-corrected chi connectivity index (χ4v) is 3.65. The number of ether oxygens (including phenoxy) is 3. The third kappa shape index (κ3) is 5.47. The normalized spacial score (nSPS) is 15.5. The van der Waals surface area contributed by atoms with Gasteiger partial charge in [0.1, 0.15) is 5.75 Å². The summed E-state index contributed by atoms with van der Waals surface area (Å²) in [6.45, 7) is 3.49. The van der Waals surface area contributed by atoms with Crippen LogP contribution in [0.4, 0.5) is 4.79 Å². The van der Waals surface area contributed by atoms with Gasteiger partial charge in [0.25, 0.3) is 0 Å². The highest BCUT2D eigenvalue weighted by atomic mass is 79.9. The standard InChI is InChI=1S/C23H23BrN2O6/c1-3-30-18(27)13-32-17-11-10-15(24)12-16(17)21-19(22(28)31-4-2)20(25-23(29)26-21)14-8-6-5-7-9-14/h5-12,21H,3-4,13H2,1-2H3,(H2,25,26,29)/t21-/m0/s1. The van der Waals surface area contributed by atoms with E-state index in [-0.39, 0.29) is 25.4 Å². The zero-order valence-corrected chi connectivity index (χ0v) is 19.2. The van der Waals surface area contributed by atoms with Gasteiger partial charge < -0.3 is 24.8 Å². The summed E-state index contributed by atoms with van der Waals surface area (Å²) in [5.41, 5.74) is 1.69. The van der Waals surface area contributed by atoms with Crippen molar-refractivity contribution >= 4 is 39.6 Å². The van der Waals surface area contributed by atoms with Gasteiger partial charge in [0.2, 0.25) is 0 Å². The molecule has 1 atom stereocenters. The number of carbonyl (C=O) groups is 3. The lowest BCUT2D eigenvalue weighted by atomic mass is 9.92. The molecule has 0 spiro atoms. The summed E-state index contributed by atoms with van der Waals surface area (Å²) in [5.74, 6) is -0.787. The Balaban J connectivity index is 2.12. The third-order valence-corrected chi connectivity index (χ3v) is 5.06. The molecule has 0 unspecified atom stereocenters. The molecule has 2 N–H and O–H groups in total. The predicted octanol–water partition coefficient (Wildman–Crippen LogP) is 3.72. The highest BCUT2D eigenvalue weighted by Crippen LogP contribution is 2.37. The maximum absolute atomic E-state index is 13.0. The first-order valence-corrected chi connectivity index (χ1v) is 10.9. The molecule has 1 aliphatic heterocycles. The number of halogens is 1. The quantitative estimate of drug-likeness (QED) is 0.533. The van der Waals surface area contributed by atoms with Gasteiger partial charge in [-0.1, -0.05) is 46.3 Å². The molecule has 2 amide bonds. The largest absolute Gasteiger partial charge is 0.482 e. The number of esters is 2. The van der Waals surface area contributed by atoms with Gasteiger partial charge in [-0.3, -0.25) is 0 Å². The minimum atomic E-state index is -0.882. The Morgan fingerprint density at radius 3 is 2.44 bits per heavy atom. The Hall–Kier alpha value is -3.33. The van der Waals surface area contributed by atoms with Gasteiger partial charge in [-0.05, 0) is 37.6 Å². The van der Waals surface area contributed by atoms with Crippen molar-refractivity contribution in [2.45, 2.75) is 19.9 Å². The van der Waals surface area contributed by atoms with E-state index in [4.69, 9.17) is 14.2 Å². The number of hydrogen-bond donors (Lipinski definition) is 2. The maximum Gasteiger partial charge on any atom is 0.344 e. The molecule has 0 saturated heterocycles. The molecule has 0 bridgehead atoms. The second-order valence-electron chi connectivity index (χ2n) is 6.68. The van der Waals surface area contributed by atoms with Gasteiger partial charge in [0.15, 0.2) is 6.61 Å². The predicted molar refractivity (Wildman–Crippen MR) is 121 cm³/mol. The molecule has 8 nitrogen and oxygen atoms in total. The van der Waals surface area contributed by atoms with Gasteiger partial charge in [0.05, 0.1) is 30.5 Å². The van der Waals surface area contributed by atoms with Gasteiger partial charge in [-0.15, -0.1) is 0 Å². The van der Waals surface area contributed by atoms with Crippen LogP contribution < -0.4 is 15.4 Å². The highest BCUT2D eigenvalue weighted by Gasteiger charge is 2.36. The van der Waals surface area contributed by atoms with Crippen LogP contribution >= 0.6 is 15.9 Å². The summed E-state index contributed by atoms with van der Waals surface area (Å²) in [6.07, 6.45) is 0. The zero-order chi connectivity index (χ0) is 23.1. The summed E-state index contributed by atoms with van der Waals surface area (Å²) in [5, 5.41) is 5.50. The van der Waals surface area contributed by atoms with Crippen molar-refractivity contribution in [2.24, 2.45) is 0 Å². The average molecular weight is 503 g/mol. The Morgan fingerprint density at radius 1 is 1.03 bits per heavy atom. The molecule has 0 fully saturated rings. The summed E-state index contributed by atoms with van der Waals surface area (Å²) in [4.78, 5) is 37.4. The van der Waals surface area contributed by atoms with Crippen LogP contribution in [0.3, 0.4) is 0 Å². The lowest BCUT2D eigenvalue weighted by Gasteiger charge is -2.30. The molecule has 0 saturated carbocycles. The lowest BCUT2D eigenvalue weighted by molar-refractivity contribution is -0.145. The molecular weight excluding hydrogens is 480 g/mol. The van der Waals surface area contributed by atoms with Crippen LogP contribution in [-0.2, 0) is 19.1 Å². The van der Waals surface area contributed by atoms with Crippen LogP contribution in [0.5, 0.6) is 5.75 Å². The fraction of sp³-hybridized carbons (Fsp3) is 0.261. The van der Waals surface area contributed by atoms with E-state index < -0.39 is 24.0 Å². The van der Waals surface area contributed by atoms with E-state index in [0.717, 1.165) is 0 Å². The summed E-state index contributed by atoms with van der Waals surface area (Å²) in [6, 6.07) is 12.8. The van der Waals surface area contributed by atoms with Crippen LogP contribution in [0.15, 0.2) is 58.6 Å². The lowest BCUT2D eigenvalue weighted by Crippen LogP contribution is -2.45. The highest BCUT2D eigenvalue weighted by molar-refractivity contribution is 9.10. The van der Waals surface area contributed by atoms with Crippen molar-refractivity contribution in [1.29, 1.82) is 0 Å². The Labute approximate surface area is 194 Å². The number of amides is 2. The second-order valence-corrected chi connectivity index (χ2v) is 7.60. The van der Waals surface area contributed by atoms with Crippen LogP contribution in [0.2, 0.25) is 0 Å². The number of hydrogen-bond acceptors (Lipinski definition) is 6. The minimum Gasteiger partial charge on any atom is -0.482 e. The van der Waals surface area contributed by atoms with E-state index in [0.29, 0.717) is 27.0 Å². The van der Waals surface area contributed by atoms with Crippen LogP contribution in [0, 0.1) is 0 Å². The maximum atomic E-state index is 13.0. The molecule has 9 heteroatoms. The Morgan fingerprint density at radius 2 is 1.75 bits per heavy atom. The molecule has 32 heavy (non-hydrogen) atoms. The van der Waals surface area contributed by atoms with Gasteiger partial charge >= 0.3 is 18.0 Å². The Kier molecular flexibility index (Phi) is 7.88. The van der Waals surface area contributed by atoms with E-state index in [2.05, 4.69) is 26.6 Å². The molecule has 168 valence electrons. The van der Waals surface area contributed by atoms with E-state index in [9.17, 15) is 14.4 Å². The minimum absolute atomic E-state index is 0.162. The van der Waals surface area contributed by atoms with E-state index >= 15 is 0 Å². The van der Waals surface area contributed by atoms with Crippen LogP contribution in [0.1, 0.15) is 31.0 Å². The van der Waals surface area contributed by atoms with Gasteiger partial charge in [-0.2, -0.15) is 0 Å². The second kappa shape index (κ2) is 10.8. The van der Waals surface area contributed by atoms with E-state index in [1.165, 1.54) is 0 Å². The molecule has 2 aromatic rings. The number of benzene rings is 2. The zero-order valence-electron chi connectivity index (χ0n) is 17.6. The number of nitrogens with one attached hydrogen (secondary N) is 2. The smallest absolute Gasteiger partial charge is 0.344 e. The summed E-state index contributed by atoms with van der Waals surface area (Å²) in [7, 11) is 0. The van der Waals surface area contributed by atoms with E-state index in [1.807, 2.05) is 6.07 Å². The molecule has 0 aromatic heterocycles. The SMILES string of the molecule is CCOC(=O)COc1ccc(Br)cc1[C@@H]1NC(=O)NC(c2ccccc2)=C1C(=O)OCC. The number of urea groups is 1. The molecule has 0 radical (unpaired) electrons. The molecule has 3 rings (SSSR count). The topological polar surface area (TPSA) is 103 Å². The molecule has 1 aliphatic rings. The first-order chi connectivity index (χ1) is 15.4. The Bertz CT molecular complexity index is 1040. The molecular formula is C23H23BrN2O6. The summed E-state index contributed by atoms with van der Waals surface area (Å²) < 4.78 is 16.6. The third-order valence-electron chi connectivity index (χ3n) is 4.56. The van der Waals surface area contributed by atoms with Crippen molar-refractivity contribution in [3.05, 3.63) is 69.7 Å². The first-order valence-electron chi connectivity index (χ1n) is 10.1. The number of rotatable bonds is 8. The van der Waals surface area contributed by atoms with Gasteiger partial charge in [-0.25, -0.2) is 14.4 Å². The molecule has 1 heterocycles. The van der Waals surface area contributed by atoms with Crippen molar-refractivity contribution in [3.63, 3.8) is 0 Å². The first kappa shape index (κ1) is 23.3. The van der Waals surface area contributed by atoms with Crippen molar-refractivity contribution in [1.82, 2.24) is 10.6 Å². The molecule has 0 aliphatic carbocycles. The van der Waals surface area contributed by atoms with Crippen LogP contribution in [0.25, 0.3) is 5.70 Å². The van der Waals surface area contributed by atoms with Crippen molar-refractivity contribution in [3.8, 4) is 5.75 Å².